The Morgan fingerprint density at radius 3 is 2.82 bits per heavy atom. The van der Waals surface area contributed by atoms with Crippen LogP contribution in [0.15, 0.2) is 48.0 Å². The highest BCUT2D eigenvalue weighted by Gasteiger charge is 2.32. The Balaban J connectivity index is 1.74. The molecule has 0 saturated carbocycles. The maximum absolute atomic E-state index is 12.4. The number of hydrogen-bond acceptors (Lipinski definition) is 5. The molecule has 0 fully saturated rings. The van der Waals surface area contributed by atoms with Crippen molar-refractivity contribution >= 4 is 28.8 Å². The van der Waals surface area contributed by atoms with Crippen LogP contribution in [0.4, 0.5) is 13.2 Å². The zero-order valence-corrected chi connectivity index (χ0v) is 15.4. The first-order valence-corrected chi connectivity index (χ1v) is 8.95. The van der Waals surface area contributed by atoms with Crippen molar-refractivity contribution in [3.05, 3.63) is 69.6 Å². The quantitative estimate of drug-likeness (QED) is 0.492. The van der Waals surface area contributed by atoms with Gasteiger partial charge in [-0.3, -0.25) is 4.79 Å². The second kappa shape index (κ2) is 8.03. The van der Waals surface area contributed by atoms with Gasteiger partial charge in [-0.1, -0.05) is 17.7 Å². The van der Waals surface area contributed by atoms with Crippen molar-refractivity contribution in [2.75, 3.05) is 0 Å². The monoisotopic (exact) mass is 429 g/mol. The Hall–Kier alpha value is -2.85. The molecule has 6 nitrogen and oxygen atoms in total. The predicted octanol–water partition coefficient (Wildman–Crippen LogP) is 3.93. The summed E-state index contributed by atoms with van der Waals surface area (Å²) in [5, 5.41) is 15.7. The molecular formula is C17H11ClF3N3O3S. The van der Waals surface area contributed by atoms with Gasteiger partial charge in [-0.2, -0.15) is 4.73 Å². The summed E-state index contributed by atoms with van der Waals surface area (Å²) in [5.41, 5.74) is 0.729. The van der Waals surface area contributed by atoms with Crippen molar-refractivity contribution in [1.29, 1.82) is 0 Å². The lowest BCUT2D eigenvalue weighted by molar-refractivity contribution is -0.614. The van der Waals surface area contributed by atoms with Gasteiger partial charge in [0.2, 0.25) is 5.69 Å². The summed E-state index contributed by atoms with van der Waals surface area (Å²) in [6.45, 7) is 0.000545. The molecule has 2 aromatic heterocycles. The minimum absolute atomic E-state index is 0.000545. The normalized spacial score (nSPS) is 11.3. The topological polar surface area (TPSA) is 78.2 Å². The molecule has 1 aromatic carbocycles. The van der Waals surface area contributed by atoms with E-state index >= 15 is 0 Å². The summed E-state index contributed by atoms with van der Waals surface area (Å²) >= 11 is 6.79. The number of rotatable bonds is 5. The largest absolute Gasteiger partial charge is 0.618 e. The van der Waals surface area contributed by atoms with Crippen molar-refractivity contribution in [2.45, 2.75) is 12.9 Å². The summed E-state index contributed by atoms with van der Waals surface area (Å²) in [6.07, 6.45) is -3.57. The van der Waals surface area contributed by atoms with E-state index in [-0.39, 0.29) is 17.3 Å². The van der Waals surface area contributed by atoms with E-state index in [0.717, 1.165) is 17.4 Å². The first kappa shape index (κ1) is 19.9. The van der Waals surface area contributed by atoms with E-state index in [1.54, 1.807) is 18.2 Å². The van der Waals surface area contributed by atoms with Gasteiger partial charge in [0.1, 0.15) is 23.0 Å². The van der Waals surface area contributed by atoms with Crippen LogP contribution in [-0.4, -0.2) is 17.3 Å². The van der Waals surface area contributed by atoms with E-state index in [9.17, 15) is 23.2 Å². The highest BCUT2D eigenvalue weighted by atomic mass is 35.5. The van der Waals surface area contributed by atoms with Crippen molar-refractivity contribution in [1.82, 2.24) is 10.3 Å². The molecule has 0 atom stereocenters. The number of thiazole rings is 1. The summed E-state index contributed by atoms with van der Waals surface area (Å²) in [5.74, 6) is -1.08. The number of hydrogen-bond donors (Lipinski definition) is 1. The van der Waals surface area contributed by atoms with E-state index in [4.69, 9.17) is 11.6 Å². The zero-order valence-electron chi connectivity index (χ0n) is 13.9. The van der Waals surface area contributed by atoms with Gasteiger partial charge in [-0.25, -0.2) is 4.98 Å². The van der Waals surface area contributed by atoms with E-state index in [0.29, 0.717) is 21.0 Å². The maximum Gasteiger partial charge on any atom is 0.573 e. The van der Waals surface area contributed by atoms with E-state index in [2.05, 4.69) is 15.0 Å². The van der Waals surface area contributed by atoms with Crippen molar-refractivity contribution in [2.24, 2.45) is 0 Å². The molecule has 146 valence electrons. The number of halogens is 4. The fourth-order valence-electron chi connectivity index (χ4n) is 2.21. The molecule has 0 aliphatic carbocycles. The lowest BCUT2D eigenvalue weighted by Gasteiger charge is -2.11. The number of pyridine rings is 1. The van der Waals surface area contributed by atoms with Crippen molar-refractivity contribution < 1.29 is 27.4 Å². The SMILES string of the molecule is O=C(NCc1cccc[n+]1[O-])c1csc(-c2ccc(Cl)c(OC(F)(F)F)c2)n1. The van der Waals surface area contributed by atoms with Gasteiger partial charge in [-0.15, -0.1) is 24.5 Å². The van der Waals surface area contributed by atoms with Crippen LogP contribution in [-0.2, 0) is 6.54 Å². The highest BCUT2D eigenvalue weighted by Crippen LogP contribution is 2.35. The Kier molecular flexibility index (Phi) is 5.71. The van der Waals surface area contributed by atoms with Crippen LogP contribution < -0.4 is 14.8 Å². The van der Waals surface area contributed by atoms with Crippen LogP contribution in [0.5, 0.6) is 5.75 Å². The highest BCUT2D eigenvalue weighted by molar-refractivity contribution is 7.13. The molecule has 28 heavy (non-hydrogen) atoms. The molecule has 0 radical (unpaired) electrons. The van der Waals surface area contributed by atoms with Crippen LogP contribution in [0.2, 0.25) is 5.02 Å². The first-order valence-electron chi connectivity index (χ1n) is 7.69. The van der Waals surface area contributed by atoms with Crippen molar-refractivity contribution in [3.8, 4) is 16.3 Å². The van der Waals surface area contributed by atoms with Crippen LogP contribution >= 0.6 is 22.9 Å². The summed E-state index contributed by atoms with van der Waals surface area (Å²) in [4.78, 5) is 16.3. The molecule has 0 bridgehead atoms. The fourth-order valence-corrected chi connectivity index (χ4v) is 3.17. The average Bonchev–Trinajstić information content (AvgIpc) is 3.12. The van der Waals surface area contributed by atoms with E-state index < -0.39 is 18.0 Å². The van der Waals surface area contributed by atoms with Gasteiger partial charge in [0.05, 0.1) is 5.02 Å². The second-order valence-electron chi connectivity index (χ2n) is 5.43. The minimum atomic E-state index is -4.88. The third kappa shape index (κ3) is 4.90. The molecule has 0 saturated heterocycles. The predicted molar refractivity (Wildman–Crippen MR) is 95.8 cm³/mol. The van der Waals surface area contributed by atoms with Gasteiger partial charge >= 0.3 is 6.36 Å². The number of nitrogens with one attached hydrogen (secondary N) is 1. The number of carbonyl (C=O) groups excluding carboxylic acids is 1. The first-order chi connectivity index (χ1) is 13.2. The summed E-state index contributed by atoms with van der Waals surface area (Å²) in [6, 6.07) is 8.61. The zero-order chi connectivity index (χ0) is 20.3. The number of ether oxygens (including phenoxy) is 1. The number of aromatic nitrogens is 2. The van der Waals surface area contributed by atoms with Gasteiger partial charge in [0.15, 0.2) is 6.20 Å². The van der Waals surface area contributed by atoms with Crippen LogP contribution in [0, 0.1) is 5.21 Å². The van der Waals surface area contributed by atoms with Gasteiger partial charge < -0.3 is 15.3 Å². The Bertz CT molecular complexity index is 1010. The molecule has 1 N–H and O–H groups in total. The summed E-state index contributed by atoms with van der Waals surface area (Å²) < 4.78 is 41.9. The van der Waals surface area contributed by atoms with Gasteiger partial charge in [0, 0.05) is 23.1 Å². The Morgan fingerprint density at radius 2 is 2.11 bits per heavy atom. The second-order valence-corrected chi connectivity index (χ2v) is 6.70. The Morgan fingerprint density at radius 1 is 1.32 bits per heavy atom. The minimum Gasteiger partial charge on any atom is -0.618 e. The van der Waals surface area contributed by atoms with Gasteiger partial charge in [-0.05, 0) is 18.2 Å². The molecule has 11 heteroatoms. The molecule has 0 aliphatic heterocycles. The lowest BCUT2D eigenvalue weighted by Crippen LogP contribution is -2.35. The van der Waals surface area contributed by atoms with Gasteiger partial charge in [0.25, 0.3) is 5.91 Å². The van der Waals surface area contributed by atoms with E-state index in [1.807, 2.05) is 0 Å². The average molecular weight is 430 g/mol. The number of benzene rings is 1. The summed E-state index contributed by atoms with van der Waals surface area (Å²) in [7, 11) is 0. The molecule has 3 aromatic rings. The molecule has 0 aliphatic rings. The number of carbonyl (C=O) groups is 1. The standard InChI is InChI=1S/C17H11ClF3N3O3S/c18-12-5-4-10(7-14(12)27-17(19,20)21)16-23-13(9-28-16)15(25)22-8-11-3-1-2-6-24(11)26/h1-7,9H,8H2,(H,22,25). The lowest BCUT2D eigenvalue weighted by atomic mass is 10.2. The van der Waals surface area contributed by atoms with Crippen LogP contribution in [0.25, 0.3) is 10.6 Å². The smallest absolute Gasteiger partial charge is 0.573 e. The van der Waals surface area contributed by atoms with Crippen LogP contribution in [0.3, 0.4) is 0 Å². The maximum atomic E-state index is 12.4. The third-order valence-corrected chi connectivity index (χ3v) is 4.68. The molecule has 2 heterocycles. The van der Waals surface area contributed by atoms with Crippen LogP contribution in [0.1, 0.15) is 16.2 Å². The molecule has 0 unspecified atom stereocenters. The van der Waals surface area contributed by atoms with Crippen molar-refractivity contribution in [3.63, 3.8) is 0 Å². The fraction of sp³-hybridized carbons (Fsp3) is 0.118. The third-order valence-electron chi connectivity index (χ3n) is 3.47. The molecular weight excluding hydrogens is 419 g/mol. The number of amides is 1. The molecule has 0 spiro atoms. The Labute approximate surface area is 165 Å². The molecule has 3 rings (SSSR count). The molecule has 1 amide bonds. The number of alkyl halides is 3. The number of nitrogens with zero attached hydrogens (tertiary/aromatic N) is 2. The van der Waals surface area contributed by atoms with E-state index in [1.165, 1.54) is 23.7 Å².